The molecule has 0 heteroatoms. The van der Waals surface area contributed by atoms with Crippen LogP contribution in [0.4, 0.5) is 0 Å². The zero-order valence-corrected chi connectivity index (χ0v) is 13.8. The van der Waals surface area contributed by atoms with Gasteiger partial charge in [0.05, 0.1) is 0 Å². The van der Waals surface area contributed by atoms with Crippen molar-refractivity contribution in [3.8, 4) is 0 Å². The smallest absolute Gasteiger partial charge is 0.0623 e. The van der Waals surface area contributed by atoms with Gasteiger partial charge in [-0.3, -0.25) is 0 Å². The molecule has 0 aliphatic heterocycles. The Morgan fingerprint density at radius 1 is 0.350 bits per heavy atom. The zero-order chi connectivity index (χ0) is 16.5. The highest BCUT2D eigenvalue weighted by atomic mass is 13.6. The van der Waals surface area contributed by atoms with E-state index in [2.05, 4.69) is 26.3 Å². The van der Waals surface area contributed by atoms with Crippen molar-refractivity contribution in [1.82, 2.24) is 0 Å². The van der Waals surface area contributed by atoms with E-state index in [1.54, 1.807) is 24.3 Å². The maximum Gasteiger partial charge on any atom is -0.0623 e. The first-order valence-electron chi connectivity index (χ1n) is 6.97. The standard InChI is InChI=1S/2C8H10.2C2H6/c2*1-3-5-7-8-6-4-2;2*1-2/h2*3-8H,1-2H2;2*1-2H3/b2*7-5-,8-6-;;. The van der Waals surface area contributed by atoms with Crippen LogP contribution in [0.2, 0.25) is 0 Å². The molecule has 0 amide bonds. The molecule has 0 fully saturated rings. The number of hydrogen-bond acceptors (Lipinski definition) is 0. The summed E-state index contributed by atoms with van der Waals surface area (Å²) in [5.74, 6) is 0. The molecule has 20 heavy (non-hydrogen) atoms. The van der Waals surface area contributed by atoms with E-state index in [1.807, 2.05) is 76.3 Å². The van der Waals surface area contributed by atoms with Crippen molar-refractivity contribution >= 4 is 0 Å². The Hall–Kier alpha value is -2.08. The molecule has 0 unspecified atom stereocenters. The Bertz CT molecular complexity index is 232. The van der Waals surface area contributed by atoms with Crippen LogP contribution in [-0.4, -0.2) is 0 Å². The molecule has 0 N–H and O–H groups in total. The van der Waals surface area contributed by atoms with Crippen molar-refractivity contribution in [3.05, 3.63) is 99.2 Å². The minimum atomic E-state index is 1.73. The van der Waals surface area contributed by atoms with E-state index in [0.717, 1.165) is 0 Å². The number of allylic oxidation sites excluding steroid dienone is 12. The molecule has 112 valence electrons. The predicted octanol–water partition coefficient (Wildman–Crippen LogP) is 6.99. The first-order chi connectivity index (χ1) is 9.83. The molecule has 0 saturated heterocycles. The predicted molar refractivity (Wildman–Crippen MR) is 100 cm³/mol. The molecule has 0 saturated carbocycles. The lowest BCUT2D eigenvalue weighted by Gasteiger charge is -1.67. The number of rotatable bonds is 6. The Balaban J connectivity index is -0.000000102. The highest BCUT2D eigenvalue weighted by molar-refractivity contribution is 5.13. The summed E-state index contributed by atoms with van der Waals surface area (Å²) in [5.41, 5.74) is 0. The van der Waals surface area contributed by atoms with Gasteiger partial charge in [0.15, 0.2) is 0 Å². The Labute approximate surface area is 127 Å². The molecule has 0 aromatic heterocycles. The second kappa shape index (κ2) is 43.6. The number of hydrogen-bond donors (Lipinski definition) is 0. The van der Waals surface area contributed by atoms with Crippen LogP contribution in [0.15, 0.2) is 99.2 Å². The lowest BCUT2D eigenvalue weighted by Crippen LogP contribution is -1.45. The third-order valence-electron chi connectivity index (χ3n) is 1.21. The summed E-state index contributed by atoms with van der Waals surface area (Å²) < 4.78 is 0. The molecule has 0 aliphatic carbocycles. The Morgan fingerprint density at radius 2 is 0.500 bits per heavy atom. The van der Waals surface area contributed by atoms with Gasteiger partial charge in [-0.2, -0.15) is 0 Å². The van der Waals surface area contributed by atoms with Crippen molar-refractivity contribution in [2.75, 3.05) is 0 Å². The zero-order valence-electron chi connectivity index (χ0n) is 13.8. The second-order valence-electron chi connectivity index (χ2n) is 2.48. The fourth-order valence-corrected chi connectivity index (χ4v) is 0.571. The maximum atomic E-state index is 3.51. The van der Waals surface area contributed by atoms with Crippen molar-refractivity contribution in [2.45, 2.75) is 27.7 Å². The molecule has 0 radical (unpaired) electrons. The SMILES string of the molecule is C=C/C=C\C=C/C=C.C=C/C=C\C=C/C=C.CC.CC. The minimum absolute atomic E-state index is 1.73. The maximum absolute atomic E-state index is 3.51. The summed E-state index contributed by atoms with van der Waals surface area (Å²) in [7, 11) is 0. The molecular formula is C20H32. The molecule has 0 aromatic carbocycles. The summed E-state index contributed by atoms with van der Waals surface area (Å²) in [6.45, 7) is 22.0. The van der Waals surface area contributed by atoms with E-state index in [1.165, 1.54) is 0 Å². The van der Waals surface area contributed by atoms with Gasteiger partial charge in [0.25, 0.3) is 0 Å². The second-order valence-corrected chi connectivity index (χ2v) is 2.48. The van der Waals surface area contributed by atoms with Crippen molar-refractivity contribution in [2.24, 2.45) is 0 Å². The average Bonchev–Trinajstić information content (AvgIpc) is 2.53. The van der Waals surface area contributed by atoms with Crippen LogP contribution in [-0.2, 0) is 0 Å². The quantitative estimate of drug-likeness (QED) is 0.457. The molecule has 0 atom stereocenters. The molecule has 0 nitrogen and oxygen atoms in total. The van der Waals surface area contributed by atoms with E-state index < -0.39 is 0 Å². The highest BCUT2D eigenvalue weighted by Crippen LogP contribution is 1.77. The van der Waals surface area contributed by atoms with Crippen LogP contribution < -0.4 is 0 Å². The third kappa shape index (κ3) is 56.5. The van der Waals surface area contributed by atoms with Crippen LogP contribution in [0.3, 0.4) is 0 Å². The van der Waals surface area contributed by atoms with E-state index in [9.17, 15) is 0 Å². The molecule has 0 aliphatic rings. The molecule has 0 heterocycles. The van der Waals surface area contributed by atoms with Gasteiger partial charge in [0, 0.05) is 0 Å². The van der Waals surface area contributed by atoms with E-state index >= 15 is 0 Å². The summed E-state index contributed by atoms with van der Waals surface area (Å²) in [5, 5.41) is 0. The van der Waals surface area contributed by atoms with Gasteiger partial charge >= 0.3 is 0 Å². The van der Waals surface area contributed by atoms with Crippen molar-refractivity contribution in [1.29, 1.82) is 0 Å². The van der Waals surface area contributed by atoms with Gasteiger partial charge < -0.3 is 0 Å². The monoisotopic (exact) mass is 272 g/mol. The summed E-state index contributed by atoms with van der Waals surface area (Å²) >= 11 is 0. The third-order valence-corrected chi connectivity index (χ3v) is 1.21. The van der Waals surface area contributed by atoms with Crippen LogP contribution in [0, 0.1) is 0 Å². The van der Waals surface area contributed by atoms with Gasteiger partial charge in [-0.1, -0.05) is 127 Å². The summed E-state index contributed by atoms with van der Waals surface area (Å²) in [4.78, 5) is 0. The molecule has 0 spiro atoms. The molecular weight excluding hydrogens is 240 g/mol. The fraction of sp³-hybridized carbons (Fsp3) is 0.200. The van der Waals surface area contributed by atoms with Crippen LogP contribution in [0.25, 0.3) is 0 Å². The van der Waals surface area contributed by atoms with Crippen LogP contribution >= 0.6 is 0 Å². The van der Waals surface area contributed by atoms with Crippen LogP contribution in [0.1, 0.15) is 27.7 Å². The lowest BCUT2D eigenvalue weighted by molar-refractivity contribution is 1.50. The van der Waals surface area contributed by atoms with E-state index in [4.69, 9.17) is 0 Å². The molecule has 0 rings (SSSR count). The van der Waals surface area contributed by atoms with Gasteiger partial charge in [-0.25, -0.2) is 0 Å². The highest BCUT2D eigenvalue weighted by Gasteiger charge is 1.55. The lowest BCUT2D eigenvalue weighted by atomic mass is 10.4. The first kappa shape index (κ1) is 26.5. The van der Waals surface area contributed by atoms with E-state index in [0.29, 0.717) is 0 Å². The van der Waals surface area contributed by atoms with Gasteiger partial charge in [0.1, 0.15) is 0 Å². The summed E-state index contributed by atoms with van der Waals surface area (Å²) in [6, 6.07) is 0. The van der Waals surface area contributed by atoms with Gasteiger partial charge in [-0.15, -0.1) is 0 Å². The van der Waals surface area contributed by atoms with E-state index in [-0.39, 0.29) is 0 Å². The summed E-state index contributed by atoms with van der Waals surface area (Å²) in [6.07, 6.45) is 22.0. The van der Waals surface area contributed by atoms with Crippen molar-refractivity contribution < 1.29 is 0 Å². The topological polar surface area (TPSA) is 0 Å². The van der Waals surface area contributed by atoms with Gasteiger partial charge in [0.2, 0.25) is 0 Å². The Kier molecular flexibility index (Phi) is 57.7. The van der Waals surface area contributed by atoms with Crippen LogP contribution in [0.5, 0.6) is 0 Å². The van der Waals surface area contributed by atoms with Crippen molar-refractivity contribution in [3.63, 3.8) is 0 Å². The Morgan fingerprint density at radius 3 is 0.600 bits per heavy atom. The molecule has 0 bridgehead atoms. The largest absolute Gasteiger partial charge is 0.0991 e. The molecule has 0 aromatic rings. The normalized spacial score (nSPS) is 9.00. The average molecular weight is 272 g/mol. The first-order valence-corrected chi connectivity index (χ1v) is 6.97. The fourth-order valence-electron chi connectivity index (χ4n) is 0.571. The minimum Gasteiger partial charge on any atom is -0.0991 e. The van der Waals surface area contributed by atoms with Gasteiger partial charge in [-0.05, 0) is 0 Å².